The molecule has 0 aliphatic carbocycles. The summed E-state index contributed by atoms with van der Waals surface area (Å²) in [5.41, 5.74) is 1.11. The molecule has 0 fully saturated rings. The normalized spacial score (nSPS) is 12.3. The molecule has 1 aromatic rings. The second kappa shape index (κ2) is 8.00. The fourth-order valence-corrected chi connectivity index (χ4v) is 2.30. The minimum Gasteiger partial charge on any atom is -0.496 e. The van der Waals surface area contributed by atoms with Crippen LogP contribution in [0.3, 0.4) is 0 Å². The molecule has 0 aliphatic rings. The summed E-state index contributed by atoms with van der Waals surface area (Å²) in [7, 11) is 4.96. The fourth-order valence-electron chi connectivity index (χ4n) is 2.30. The lowest BCUT2D eigenvalue weighted by molar-refractivity contribution is 0.338. The molecule has 0 aromatic heterocycles. The van der Waals surface area contributed by atoms with E-state index in [4.69, 9.17) is 14.2 Å². The van der Waals surface area contributed by atoms with Gasteiger partial charge in [0.2, 0.25) is 0 Å². The molecule has 0 amide bonds. The van der Waals surface area contributed by atoms with Crippen LogP contribution in [0.4, 0.5) is 0 Å². The third kappa shape index (κ3) is 3.79. The first-order valence-corrected chi connectivity index (χ1v) is 7.12. The van der Waals surface area contributed by atoms with Crippen LogP contribution in [-0.2, 0) is 0 Å². The van der Waals surface area contributed by atoms with Gasteiger partial charge in [0.15, 0.2) is 11.5 Å². The van der Waals surface area contributed by atoms with Gasteiger partial charge >= 0.3 is 0 Å². The van der Waals surface area contributed by atoms with Crippen LogP contribution in [0.2, 0.25) is 0 Å². The molecule has 1 atom stereocenters. The van der Waals surface area contributed by atoms with Gasteiger partial charge in [0, 0.05) is 17.7 Å². The van der Waals surface area contributed by atoms with Crippen LogP contribution in [0.1, 0.15) is 38.8 Å². The van der Waals surface area contributed by atoms with E-state index in [9.17, 15) is 0 Å². The van der Waals surface area contributed by atoms with Crippen molar-refractivity contribution in [3.05, 3.63) is 17.7 Å². The molecule has 1 unspecified atom stereocenters. The number of ether oxygens (including phenoxy) is 3. The predicted molar refractivity (Wildman–Crippen MR) is 82.0 cm³/mol. The average Bonchev–Trinajstić information content (AvgIpc) is 2.46. The molecular formula is C16H27NO3. The molecule has 20 heavy (non-hydrogen) atoms. The summed E-state index contributed by atoms with van der Waals surface area (Å²) < 4.78 is 16.3. The van der Waals surface area contributed by atoms with Crippen LogP contribution >= 0.6 is 0 Å². The number of hydrogen-bond acceptors (Lipinski definition) is 4. The van der Waals surface area contributed by atoms with Gasteiger partial charge in [-0.05, 0) is 24.9 Å². The Labute approximate surface area is 122 Å². The number of hydrogen-bond donors (Lipinski definition) is 1. The number of methoxy groups -OCH3 is 3. The molecule has 0 spiro atoms. The maximum absolute atomic E-state index is 5.52. The van der Waals surface area contributed by atoms with Gasteiger partial charge in [0.25, 0.3) is 0 Å². The molecule has 0 heterocycles. The second-order valence-corrected chi connectivity index (χ2v) is 5.12. The summed E-state index contributed by atoms with van der Waals surface area (Å²) in [5.74, 6) is 2.69. The Morgan fingerprint density at radius 1 is 0.950 bits per heavy atom. The Morgan fingerprint density at radius 3 is 1.95 bits per heavy atom. The zero-order chi connectivity index (χ0) is 15.1. The van der Waals surface area contributed by atoms with Crippen molar-refractivity contribution in [1.29, 1.82) is 0 Å². The Hall–Kier alpha value is -1.42. The molecule has 1 aromatic carbocycles. The first kappa shape index (κ1) is 16.6. The summed E-state index contributed by atoms with van der Waals surface area (Å²) in [5, 5.41) is 3.57. The Kier molecular flexibility index (Phi) is 6.65. The highest BCUT2D eigenvalue weighted by atomic mass is 16.5. The van der Waals surface area contributed by atoms with E-state index in [0.717, 1.165) is 30.0 Å². The molecule has 0 saturated heterocycles. The topological polar surface area (TPSA) is 39.7 Å². The van der Waals surface area contributed by atoms with E-state index >= 15 is 0 Å². The van der Waals surface area contributed by atoms with E-state index in [-0.39, 0.29) is 6.04 Å². The summed E-state index contributed by atoms with van der Waals surface area (Å²) >= 11 is 0. The van der Waals surface area contributed by atoms with Crippen molar-refractivity contribution in [3.8, 4) is 17.2 Å². The van der Waals surface area contributed by atoms with Gasteiger partial charge in [0.1, 0.15) is 5.75 Å². The Bertz CT molecular complexity index is 418. The molecule has 0 aliphatic heterocycles. The van der Waals surface area contributed by atoms with Crippen molar-refractivity contribution < 1.29 is 14.2 Å². The zero-order valence-corrected chi connectivity index (χ0v) is 13.4. The van der Waals surface area contributed by atoms with E-state index < -0.39 is 0 Å². The van der Waals surface area contributed by atoms with Crippen molar-refractivity contribution in [2.45, 2.75) is 33.2 Å². The van der Waals surface area contributed by atoms with Crippen LogP contribution < -0.4 is 19.5 Å². The average molecular weight is 281 g/mol. The van der Waals surface area contributed by atoms with E-state index in [0.29, 0.717) is 11.7 Å². The van der Waals surface area contributed by atoms with E-state index in [1.165, 1.54) is 0 Å². The predicted octanol–water partition coefficient (Wildman–Crippen LogP) is 3.41. The van der Waals surface area contributed by atoms with Crippen molar-refractivity contribution in [2.75, 3.05) is 27.9 Å². The molecule has 0 radical (unpaired) electrons. The van der Waals surface area contributed by atoms with Crippen LogP contribution in [0.5, 0.6) is 17.2 Å². The van der Waals surface area contributed by atoms with Gasteiger partial charge < -0.3 is 19.5 Å². The lowest BCUT2D eigenvalue weighted by Gasteiger charge is -2.25. The maximum Gasteiger partial charge on any atom is 0.164 e. The third-order valence-electron chi connectivity index (χ3n) is 3.35. The first-order chi connectivity index (χ1) is 9.58. The standard InChI is InChI=1S/C16H27NO3/c1-7-8-17-16(11(2)3)12-9-14(19-5)15(20-6)10-13(12)18-4/h9-11,16-17H,7-8H2,1-6H3. The van der Waals surface area contributed by atoms with Crippen LogP contribution in [0.15, 0.2) is 12.1 Å². The fraction of sp³-hybridized carbons (Fsp3) is 0.625. The van der Waals surface area contributed by atoms with E-state index in [2.05, 4.69) is 26.1 Å². The quantitative estimate of drug-likeness (QED) is 0.792. The van der Waals surface area contributed by atoms with Crippen molar-refractivity contribution >= 4 is 0 Å². The van der Waals surface area contributed by atoms with Gasteiger partial charge in [-0.1, -0.05) is 20.8 Å². The van der Waals surface area contributed by atoms with Crippen LogP contribution in [-0.4, -0.2) is 27.9 Å². The monoisotopic (exact) mass is 281 g/mol. The van der Waals surface area contributed by atoms with E-state index in [1.807, 2.05) is 12.1 Å². The summed E-state index contributed by atoms with van der Waals surface area (Å²) in [6.45, 7) is 7.53. The highest BCUT2D eigenvalue weighted by Crippen LogP contribution is 2.39. The van der Waals surface area contributed by atoms with Crippen LogP contribution in [0, 0.1) is 5.92 Å². The second-order valence-electron chi connectivity index (χ2n) is 5.12. The molecule has 4 heteroatoms. The highest BCUT2D eigenvalue weighted by Gasteiger charge is 2.22. The minimum absolute atomic E-state index is 0.227. The van der Waals surface area contributed by atoms with Gasteiger partial charge in [0.05, 0.1) is 21.3 Å². The Morgan fingerprint density at radius 2 is 1.50 bits per heavy atom. The zero-order valence-electron chi connectivity index (χ0n) is 13.4. The summed E-state index contributed by atoms with van der Waals surface area (Å²) in [6.07, 6.45) is 1.10. The van der Waals surface area contributed by atoms with Gasteiger partial charge in [-0.3, -0.25) is 0 Å². The van der Waals surface area contributed by atoms with Crippen LogP contribution in [0.25, 0.3) is 0 Å². The molecule has 0 saturated carbocycles. The van der Waals surface area contributed by atoms with Gasteiger partial charge in [-0.25, -0.2) is 0 Å². The summed E-state index contributed by atoms with van der Waals surface area (Å²) in [4.78, 5) is 0. The number of rotatable bonds is 8. The maximum atomic E-state index is 5.52. The van der Waals surface area contributed by atoms with Crippen molar-refractivity contribution in [2.24, 2.45) is 5.92 Å². The van der Waals surface area contributed by atoms with E-state index in [1.54, 1.807) is 21.3 Å². The molecule has 0 bridgehead atoms. The smallest absolute Gasteiger partial charge is 0.164 e. The molecule has 4 nitrogen and oxygen atoms in total. The molecular weight excluding hydrogens is 254 g/mol. The lowest BCUT2D eigenvalue weighted by atomic mass is 9.94. The van der Waals surface area contributed by atoms with Gasteiger partial charge in [-0.2, -0.15) is 0 Å². The molecule has 1 N–H and O–H groups in total. The largest absolute Gasteiger partial charge is 0.496 e. The lowest BCUT2D eigenvalue weighted by Crippen LogP contribution is -2.27. The van der Waals surface area contributed by atoms with Crippen molar-refractivity contribution in [3.63, 3.8) is 0 Å². The third-order valence-corrected chi connectivity index (χ3v) is 3.35. The summed E-state index contributed by atoms with van der Waals surface area (Å²) in [6, 6.07) is 4.12. The molecule has 114 valence electrons. The minimum atomic E-state index is 0.227. The van der Waals surface area contributed by atoms with Gasteiger partial charge in [-0.15, -0.1) is 0 Å². The SMILES string of the molecule is CCCNC(c1cc(OC)c(OC)cc1OC)C(C)C. The number of nitrogens with one attached hydrogen (secondary N) is 1. The Balaban J connectivity index is 3.24. The number of benzene rings is 1. The molecule has 1 rings (SSSR count). The van der Waals surface area contributed by atoms with Crippen molar-refractivity contribution in [1.82, 2.24) is 5.32 Å². The highest BCUT2D eigenvalue weighted by molar-refractivity contribution is 5.52. The first-order valence-electron chi connectivity index (χ1n) is 7.12.